The molecule has 0 spiro atoms. The fourth-order valence-electron chi connectivity index (χ4n) is 2.51. The van der Waals surface area contributed by atoms with Crippen LogP contribution in [0, 0.1) is 24.6 Å². The molecular weight excluding hydrogens is 243 g/mol. The number of rotatable bonds is 4. The standard InChI is InChI=1S/C15H21FN2O/c1-8(2)10-4-12(5-10)18-14-7-11(15(17)19)6-13(16)9(14)3/h6-8,10,12,18H,4-5H2,1-3H3,(H2,17,19). The average Bonchev–Trinajstić information content (AvgIpc) is 2.27. The van der Waals surface area contributed by atoms with Gasteiger partial charge in [-0.15, -0.1) is 0 Å². The number of anilines is 1. The van der Waals surface area contributed by atoms with Crippen molar-refractivity contribution in [3.63, 3.8) is 0 Å². The van der Waals surface area contributed by atoms with E-state index < -0.39 is 11.7 Å². The Morgan fingerprint density at radius 2 is 2.05 bits per heavy atom. The second kappa shape index (κ2) is 5.19. The van der Waals surface area contributed by atoms with E-state index in [1.807, 2.05) is 0 Å². The van der Waals surface area contributed by atoms with Gasteiger partial charge in [-0.05, 0) is 43.7 Å². The molecule has 0 atom stereocenters. The fraction of sp³-hybridized carbons (Fsp3) is 0.533. The number of nitrogens with one attached hydrogen (secondary N) is 1. The van der Waals surface area contributed by atoms with Gasteiger partial charge in [-0.1, -0.05) is 13.8 Å². The van der Waals surface area contributed by atoms with Crippen LogP contribution in [0.3, 0.4) is 0 Å². The van der Waals surface area contributed by atoms with Gasteiger partial charge in [0, 0.05) is 22.9 Å². The van der Waals surface area contributed by atoms with Crippen molar-refractivity contribution in [2.24, 2.45) is 17.6 Å². The normalized spacial score (nSPS) is 22.2. The van der Waals surface area contributed by atoms with Crippen molar-refractivity contribution < 1.29 is 9.18 Å². The molecule has 3 N–H and O–H groups in total. The molecule has 1 aliphatic carbocycles. The molecule has 2 rings (SSSR count). The Morgan fingerprint density at radius 3 is 2.58 bits per heavy atom. The van der Waals surface area contributed by atoms with E-state index in [0.29, 0.717) is 23.2 Å². The van der Waals surface area contributed by atoms with Crippen LogP contribution >= 0.6 is 0 Å². The fourth-order valence-corrected chi connectivity index (χ4v) is 2.51. The van der Waals surface area contributed by atoms with Crippen LogP contribution in [0.4, 0.5) is 10.1 Å². The molecule has 3 nitrogen and oxygen atoms in total. The summed E-state index contributed by atoms with van der Waals surface area (Å²) in [6.07, 6.45) is 2.19. The molecular formula is C15H21FN2O. The number of hydrogen-bond acceptors (Lipinski definition) is 2. The summed E-state index contributed by atoms with van der Waals surface area (Å²) in [7, 11) is 0. The molecule has 1 saturated carbocycles. The van der Waals surface area contributed by atoms with E-state index in [1.165, 1.54) is 6.07 Å². The van der Waals surface area contributed by atoms with Crippen molar-refractivity contribution in [3.8, 4) is 0 Å². The summed E-state index contributed by atoms with van der Waals surface area (Å²) in [5, 5.41) is 3.32. The number of carbonyl (C=O) groups excluding carboxylic acids is 1. The molecule has 0 unspecified atom stereocenters. The topological polar surface area (TPSA) is 55.1 Å². The van der Waals surface area contributed by atoms with Gasteiger partial charge >= 0.3 is 0 Å². The van der Waals surface area contributed by atoms with E-state index in [0.717, 1.165) is 18.8 Å². The van der Waals surface area contributed by atoms with Crippen LogP contribution in [-0.2, 0) is 0 Å². The number of nitrogens with two attached hydrogens (primary N) is 1. The third kappa shape index (κ3) is 2.88. The van der Waals surface area contributed by atoms with Gasteiger partial charge in [0.05, 0.1) is 0 Å². The number of carbonyl (C=O) groups is 1. The third-order valence-corrected chi connectivity index (χ3v) is 4.11. The first-order valence-corrected chi connectivity index (χ1v) is 6.75. The number of primary amides is 1. The van der Waals surface area contributed by atoms with Crippen LogP contribution in [0.25, 0.3) is 0 Å². The van der Waals surface area contributed by atoms with Gasteiger partial charge in [-0.25, -0.2) is 4.39 Å². The van der Waals surface area contributed by atoms with Crippen LogP contribution in [-0.4, -0.2) is 11.9 Å². The molecule has 1 aromatic carbocycles. The Balaban J connectivity index is 2.10. The smallest absolute Gasteiger partial charge is 0.248 e. The first kappa shape index (κ1) is 13.8. The van der Waals surface area contributed by atoms with Crippen LogP contribution < -0.4 is 11.1 Å². The van der Waals surface area contributed by atoms with Gasteiger partial charge in [-0.3, -0.25) is 4.79 Å². The predicted octanol–water partition coefficient (Wildman–Crippen LogP) is 3.08. The van der Waals surface area contributed by atoms with Crippen molar-refractivity contribution in [1.29, 1.82) is 0 Å². The van der Waals surface area contributed by atoms with Crippen LogP contribution in [0.5, 0.6) is 0 Å². The zero-order valence-corrected chi connectivity index (χ0v) is 11.7. The van der Waals surface area contributed by atoms with Crippen LogP contribution in [0.1, 0.15) is 42.6 Å². The lowest BCUT2D eigenvalue weighted by molar-refractivity contribution is 0.1000. The van der Waals surface area contributed by atoms with Gasteiger partial charge in [0.1, 0.15) is 5.82 Å². The highest BCUT2D eigenvalue weighted by atomic mass is 19.1. The first-order valence-electron chi connectivity index (χ1n) is 6.75. The molecule has 0 aliphatic heterocycles. The Hall–Kier alpha value is -1.58. The largest absolute Gasteiger partial charge is 0.382 e. The van der Waals surface area contributed by atoms with Crippen molar-refractivity contribution in [3.05, 3.63) is 29.1 Å². The van der Waals surface area contributed by atoms with Crippen LogP contribution in [0.15, 0.2) is 12.1 Å². The van der Waals surface area contributed by atoms with E-state index in [1.54, 1.807) is 13.0 Å². The van der Waals surface area contributed by atoms with Gasteiger partial charge in [-0.2, -0.15) is 0 Å². The molecule has 4 heteroatoms. The summed E-state index contributed by atoms with van der Waals surface area (Å²) in [4.78, 5) is 11.2. The zero-order valence-electron chi connectivity index (χ0n) is 11.7. The molecule has 0 bridgehead atoms. The molecule has 104 valence electrons. The summed E-state index contributed by atoms with van der Waals surface area (Å²) in [6, 6.07) is 3.21. The number of benzene rings is 1. The van der Waals surface area contributed by atoms with E-state index in [4.69, 9.17) is 5.73 Å². The van der Waals surface area contributed by atoms with E-state index in [-0.39, 0.29) is 5.56 Å². The van der Waals surface area contributed by atoms with E-state index >= 15 is 0 Å². The van der Waals surface area contributed by atoms with Crippen LogP contribution in [0.2, 0.25) is 0 Å². The zero-order chi connectivity index (χ0) is 14.2. The Morgan fingerprint density at radius 1 is 1.42 bits per heavy atom. The molecule has 1 fully saturated rings. The van der Waals surface area contributed by atoms with E-state index in [9.17, 15) is 9.18 Å². The lowest BCUT2D eigenvalue weighted by Crippen LogP contribution is -2.38. The lowest BCUT2D eigenvalue weighted by atomic mass is 9.73. The summed E-state index contributed by atoms with van der Waals surface area (Å²) in [6.45, 7) is 6.15. The number of halogens is 1. The monoisotopic (exact) mass is 264 g/mol. The van der Waals surface area contributed by atoms with Gasteiger partial charge in [0.15, 0.2) is 0 Å². The Kier molecular flexibility index (Phi) is 3.78. The second-order valence-corrected chi connectivity index (χ2v) is 5.81. The molecule has 19 heavy (non-hydrogen) atoms. The van der Waals surface area contributed by atoms with Gasteiger partial charge < -0.3 is 11.1 Å². The number of hydrogen-bond donors (Lipinski definition) is 2. The Bertz CT molecular complexity index is 493. The SMILES string of the molecule is Cc1c(F)cc(C(N)=O)cc1NC1CC(C(C)C)C1. The van der Waals surface area contributed by atoms with Crippen molar-refractivity contribution >= 4 is 11.6 Å². The molecule has 1 amide bonds. The number of amides is 1. The highest BCUT2D eigenvalue weighted by Crippen LogP contribution is 2.36. The second-order valence-electron chi connectivity index (χ2n) is 5.81. The van der Waals surface area contributed by atoms with Crippen molar-refractivity contribution in [2.45, 2.75) is 39.7 Å². The lowest BCUT2D eigenvalue weighted by Gasteiger charge is -2.39. The highest BCUT2D eigenvalue weighted by Gasteiger charge is 2.31. The minimum absolute atomic E-state index is 0.213. The minimum atomic E-state index is -0.601. The van der Waals surface area contributed by atoms with E-state index in [2.05, 4.69) is 19.2 Å². The molecule has 0 radical (unpaired) electrons. The summed E-state index contributed by atoms with van der Waals surface area (Å²) >= 11 is 0. The molecule has 0 heterocycles. The molecule has 0 saturated heterocycles. The van der Waals surface area contributed by atoms with Crippen molar-refractivity contribution in [2.75, 3.05) is 5.32 Å². The van der Waals surface area contributed by atoms with Gasteiger partial charge in [0.2, 0.25) is 5.91 Å². The Labute approximate surface area is 113 Å². The minimum Gasteiger partial charge on any atom is -0.382 e. The third-order valence-electron chi connectivity index (χ3n) is 4.11. The maximum absolute atomic E-state index is 13.7. The first-order chi connectivity index (χ1) is 8.88. The molecule has 1 aromatic rings. The summed E-state index contributed by atoms with van der Waals surface area (Å²) in [5.74, 6) is 0.434. The molecule has 0 aromatic heterocycles. The molecule has 1 aliphatic rings. The average molecular weight is 264 g/mol. The maximum Gasteiger partial charge on any atom is 0.248 e. The predicted molar refractivity (Wildman–Crippen MR) is 74.6 cm³/mol. The quantitative estimate of drug-likeness (QED) is 0.878. The summed E-state index contributed by atoms with van der Waals surface area (Å²) in [5.41, 5.74) is 6.64. The maximum atomic E-state index is 13.7. The summed E-state index contributed by atoms with van der Waals surface area (Å²) < 4.78 is 13.7. The van der Waals surface area contributed by atoms with Gasteiger partial charge in [0.25, 0.3) is 0 Å². The highest BCUT2D eigenvalue weighted by molar-refractivity contribution is 5.94. The van der Waals surface area contributed by atoms with Crippen molar-refractivity contribution in [1.82, 2.24) is 0 Å².